The topological polar surface area (TPSA) is 80.8 Å². The van der Waals surface area contributed by atoms with Crippen LogP contribution in [0.1, 0.15) is 43.9 Å². The summed E-state index contributed by atoms with van der Waals surface area (Å²) in [7, 11) is 0. The molecule has 2 aromatic rings. The normalized spacial score (nSPS) is 25.2. The average Bonchev–Trinajstić information content (AvgIpc) is 3.18. The summed E-state index contributed by atoms with van der Waals surface area (Å²) in [5, 5.41) is 2.67. The number of amides is 3. The van der Waals surface area contributed by atoms with Crippen molar-refractivity contribution in [2.75, 3.05) is 4.90 Å². The molecule has 1 fully saturated rings. The van der Waals surface area contributed by atoms with E-state index in [1.54, 1.807) is 32.9 Å². The number of pyridine rings is 1. The first-order chi connectivity index (χ1) is 14.9. The number of nitrogens with one attached hydrogen (secondary N) is 1. The summed E-state index contributed by atoms with van der Waals surface area (Å²) in [5.41, 5.74) is -2.18. The lowest BCUT2D eigenvalue weighted by Crippen LogP contribution is -2.43. The molecule has 7 nitrogen and oxygen atoms in total. The van der Waals surface area contributed by atoms with E-state index in [0.717, 1.165) is 11.8 Å². The highest BCUT2D eigenvalue weighted by molar-refractivity contribution is 6.23. The molecule has 170 valence electrons. The van der Waals surface area contributed by atoms with Gasteiger partial charge < -0.3 is 14.8 Å². The Morgan fingerprint density at radius 3 is 2.56 bits per heavy atom. The molecule has 1 unspecified atom stereocenters. The van der Waals surface area contributed by atoms with Gasteiger partial charge in [0.2, 0.25) is 5.88 Å². The molecule has 1 saturated heterocycles. The largest absolute Gasteiger partial charge is 0.439 e. The zero-order valence-electron chi connectivity index (χ0n) is 18.0. The van der Waals surface area contributed by atoms with Crippen molar-refractivity contribution in [1.29, 1.82) is 0 Å². The zero-order chi connectivity index (χ0) is 23.5. The molecule has 3 amide bonds. The molecule has 0 saturated carbocycles. The number of carbonyl (C=O) groups excluding carboxylic acids is 2. The van der Waals surface area contributed by atoms with E-state index in [-0.39, 0.29) is 35.4 Å². The van der Waals surface area contributed by atoms with Gasteiger partial charge in [-0.05, 0) is 51.0 Å². The van der Waals surface area contributed by atoms with Gasteiger partial charge in [0.1, 0.15) is 11.3 Å². The standard InChI is InChI=1S/C22H22F3N3O4/c1-5-20(3)18(29)28(19(30)27-20)14-8-12(2)17(26-10-14)32-15-7-6-13-11-31-21(4,16(13)9-15)22(23,24)25/h6-10H,5,11H2,1-4H3,(H,27,30)/t20-,21?/m1/s1. The molecule has 4 rings (SSSR count). The summed E-state index contributed by atoms with van der Waals surface area (Å²) in [6, 6.07) is 5.40. The van der Waals surface area contributed by atoms with Gasteiger partial charge in [-0.25, -0.2) is 14.7 Å². The number of hydrogen-bond acceptors (Lipinski definition) is 5. The second kappa shape index (κ2) is 7.19. The Morgan fingerprint density at radius 1 is 1.25 bits per heavy atom. The molecule has 0 bridgehead atoms. The van der Waals surface area contributed by atoms with Crippen molar-refractivity contribution in [2.24, 2.45) is 0 Å². The molecule has 2 aliphatic heterocycles. The molecular formula is C22H22F3N3O4. The minimum absolute atomic E-state index is 0.00467. The molecule has 10 heteroatoms. The predicted molar refractivity (Wildman–Crippen MR) is 108 cm³/mol. The molecule has 0 spiro atoms. The highest BCUT2D eigenvalue weighted by Gasteiger charge is 2.57. The second-order valence-electron chi connectivity index (χ2n) is 8.31. The minimum Gasteiger partial charge on any atom is -0.439 e. The number of benzene rings is 1. The first kappa shape index (κ1) is 22.1. The molecule has 0 radical (unpaired) electrons. The average molecular weight is 449 g/mol. The van der Waals surface area contributed by atoms with Crippen molar-refractivity contribution in [2.45, 2.75) is 58.0 Å². The number of aromatic nitrogens is 1. The highest BCUT2D eigenvalue weighted by Crippen LogP contribution is 2.48. The van der Waals surface area contributed by atoms with Gasteiger partial charge in [0.25, 0.3) is 5.91 Å². The van der Waals surface area contributed by atoms with Gasteiger partial charge in [-0.15, -0.1) is 0 Å². The van der Waals surface area contributed by atoms with Crippen LogP contribution < -0.4 is 15.0 Å². The number of rotatable bonds is 4. The number of anilines is 1. The fourth-order valence-corrected chi connectivity index (χ4v) is 3.77. The number of imide groups is 1. The molecule has 2 atom stereocenters. The van der Waals surface area contributed by atoms with Crippen molar-refractivity contribution >= 4 is 17.6 Å². The molecular weight excluding hydrogens is 427 g/mol. The lowest BCUT2D eigenvalue weighted by atomic mass is 9.93. The van der Waals surface area contributed by atoms with Crippen LogP contribution in [0.15, 0.2) is 30.5 Å². The van der Waals surface area contributed by atoms with E-state index in [4.69, 9.17) is 9.47 Å². The quantitative estimate of drug-likeness (QED) is 0.684. The summed E-state index contributed by atoms with van der Waals surface area (Å²) >= 11 is 0. The lowest BCUT2D eigenvalue weighted by molar-refractivity contribution is -0.272. The maximum Gasteiger partial charge on any atom is 0.421 e. The van der Waals surface area contributed by atoms with Crippen molar-refractivity contribution < 1.29 is 32.2 Å². The van der Waals surface area contributed by atoms with Crippen molar-refractivity contribution in [3.05, 3.63) is 47.2 Å². The number of fused-ring (bicyclic) bond motifs is 1. The number of halogens is 3. The number of urea groups is 1. The van der Waals surface area contributed by atoms with Gasteiger partial charge in [0.15, 0.2) is 5.60 Å². The van der Waals surface area contributed by atoms with Crippen molar-refractivity contribution in [1.82, 2.24) is 10.3 Å². The number of ether oxygens (including phenoxy) is 2. The maximum atomic E-state index is 13.5. The van der Waals surface area contributed by atoms with E-state index in [1.165, 1.54) is 18.3 Å². The van der Waals surface area contributed by atoms with E-state index in [9.17, 15) is 22.8 Å². The summed E-state index contributed by atoms with van der Waals surface area (Å²) < 4.78 is 51.4. The van der Waals surface area contributed by atoms with E-state index in [2.05, 4.69) is 10.3 Å². The van der Waals surface area contributed by atoms with Crippen LogP contribution in [0, 0.1) is 6.92 Å². The van der Waals surface area contributed by atoms with Gasteiger partial charge in [0.05, 0.1) is 18.5 Å². The third-order valence-electron chi connectivity index (χ3n) is 6.11. The summed E-state index contributed by atoms with van der Waals surface area (Å²) in [6.07, 6.45) is -2.83. The number of aryl methyl sites for hydroxylation is 1. The summed E-state index contributed by atoms with van der Waals surface area (Å²) in [4.78, 5) is 30.2. The smallest absolute Gasteiger partial charge is 0.421 e. The van der Waals surface area contributed by atoms with Crippen LogP contribution in [0.25, 0.3) is 0 Å². The number of carbonyl (C=O) groups is 2. The molecule has 32 heavy (non-hydrogen) atoms. The van der Waals surface area contributed by atoms with E-state index >= 15 is 0 Å². The molecule has 0 aliphatic carbocycles. The van der Waals surface area contributed by atoms with Crippen LogP contribution in [0.3, 0.4) is 0 Å². The Hall–Kier alpha value is -3.14. The fourth-order valence-electron chi connectivity index (χ4n) is 3.77. The van der Waals surface area contributed by atoms with Crippen molar-refractivity contribution in [3.63, 3.8) is 0 Å². The van der Waals surface area contributed by atoms with Crippen molar-refractivity contribution in [3.8, 4) is 11.6 Å². The fraction of sp³-hybridized carbons (Fsp3) is 0.409. The maximum absolute atomic E-state index is 13.5. The molecule has 1 aromatic heterocycles. The Balaban J connectivity index is 1.61. The van der Waals surface area contributed by atoms with E-state index in [1.807, 2.05) is 0 Å². The van der Waals surface area contributed by atoms with Crippen LogP contribution in [-0.4, -0.2) is 28.6 Å². The van der Waals surface area contributed by atoms with Crippen LogP contribution in [0.4, 0.5) is 23.7 Å². The first-order valence-electron chi connectivity index (χ1n) is 10.0. The Kier molecular flexibility index (Phi) is 4.96. The van der Waals surface area contributed by atoms with Gasteiger partial charge >= 0.3 is 12.2 Å². The SMILES string of the molecule is CC[C@@]1(C)NC(=O)N(c2cnc(Oc3ccc4c(c3)C(C)(C(F)(F)F)OC4)c(C)c2)C1=O. The Labute approximate surface area is 182 Å². The van der Waals surface area contributed by atoms with E-state index in [0.29, 0.717) is 17.5 Å². The Morgan fingerprint density at radius 2 is 1.97 bits per heavy atom. The first-order valence-corrected chi connectivity index (χ1v) is 10.0. The van der Waals surface area contributed by atoms with E-state index < -0.39 is 23.3 Å². The van der Waals surface area contributed by atoms with Gasteiger partial charge in [-0.1, -0.05) is 13.0 Å². The van der Waals surface area contributed by atoms with Crippen LogP contribution in [-0.2, 0) is 21.7 Å². The monoisotopic (exact) mass is 449 g/mol. The van der Waals surface area contributed by atoms with Gasteiger partial charge in [-0.2, -0.15) is 13.2 Å². The third kappa shape index (κ3) is 3.29. The van der Waals surface area contributed by atoms with Gasteiger partial charge in [-0.3, -0.25) is 4.79 Å². The highest BCUT2D eigenvalue weighted by atomic mass is 19.4. The third-order valence-corrected chi connectivity index (χ3v) is 6.11. The second-order valence-corrected chi connectivity index (χ2v) is 8.31. The number of hydrogen-bond donors (Lipinski definition) is 1. The van der Waals surface area contributed by atoms with Crippen LogP contribution >= 0.6 is 0 Å². The van der Waals surface area contributed by atoms with Crippen LogP contribution in [0.5, 0.6) is 11.6 Å². The Bertz CT molecular complexity index is 1120. The zero-order valence-corrected chi connectivity index (χ0v) is 18.0. The predicted octanol–water partition coefficient (Wildman–Crippen LogP) is 4.71. The number of nitrogens with zero attached hydrogens (tertiary/aromatic N) is 2. The molecule has 1 N–H and O–H groups in total. The summed E-state index contributed by atoms with van der Waals surface area (Å²) in [6.45, 7) is 5.97. The lowest BCUT2D eigenvalue weighted by Gasteiger charge is -2.27. The number of alkyl halides is 3. The van der Waals surface area contributed by atoms with Crippen LogP contribution in [0.2, 0.25) is 0 Å². The molecule has 1 aromatic carbocycles. The summed E-state index contributed by atoms with van der Waals surface area (Å²) in [5.74, 6) is -0.0711. The minimum atomic E-state index is -4.58. The molecule has 3 heterocycles. The molecule has 2 aliphatic rings. The van der Waals surface area contributed by atoms with Gasteiger partial charge in [0, 0.05) is 11.1 Å².